The zero-order valence-electron chi connectivity index (χ0n) is 18.4. The summed E-state index contributed by atoms with van der Waals surface area (Å²) in [4.78, 5) is 28.1. The average molecular weight is 439 g/mol. The van der Waals surface area contributed by atoms with Crippen LogP contribution in [-0.4, -0.2) is 26.0 Å². The number of nitriles is 1. The number of benzene rings is 3. The first-order valence-electron chi connectivity index (χ1n) is 10.2. The number of methoxy groups -OCH3 is 2. The molecule has 2 amide bonds. The standard InChI is InChI=1S/C26H21N3O4/c1-16-4-8-18(9-5-16)23-24(28-19-12-21(32-2)14-22(13-19)33-3)26(31)29(25(23)30)20-10-6-17(15-27)7-11-20/h4-14,28H,1-3H3. The molecule has 1 aliphatic rings. The molecule has 4 rings (SSSR count). The summed E-state index contributed by atoms with van der Waals surface area (Å²) in [5.74, 6) is 0.123. The molecule has 0 unspecified atom stereocenters. The van der Waals surface area contributed by atoms with Gasteiger partial charge in [-0.25, -0.2) is 4.90 Å². The van der Waals surface area contributed by atoms with Gasteiger partial charge < -0.3 is 14.8 Å². The molecule has 0 saturated carbocycles. The van der Waals surface area contributed by atoms with Crippen molar-refractivity contribution in [3.63, 3.8) is 0 Å². The molecule has 7 heteroatoms. The lowest BCUT2D eigenvalue weighted by Gasteiger charge is -2.16. The van der Waals surface area contributed by atoms with Crippen molar-refractivity contribution in [1.82, 2.24) is 0 Å². The van der Waals surface area contributed by atoms with Gasteiger partial charge in [0.25, 0.3) is 11.8 Å². The van der Waals surface area contributed by atoms with Gasteiger partial charge in [0, 0.05) is 23.9 Å². The van der Waals surface area contributed by atoms with Crippen LogP contribution in [0.3, 0.4) is 0 Å². The van der Waals surface area contributed by atoms with Gasteiger partial charge in [0.05, 0.1) is 37.1 Å². The van der Waals surface area contributed by atoms with Crippen LogP contribution in [0.2, 0.25) is 0 Å². The maximum absolute atomic E-state index is 13.5. The Morgan fingerprint density at radius 2 is 1.45 bits per heavy atom. The van der Waals surface area contributed by atoms with Crippen molar-refractivity contribution < 1.29 is 19.1 Å². The van der Waals surface area contributed by atoms with Crippen molar-refractivity contribution in [2.45, 2.75) is 6.92 Å². The molecule has 0 atom stereocenters. The molecule has 0 radical (unpaired) electrons. The number of hydrogen-bond donors (Lipinski definition) is 1. The maximum atomic E-state index is 13.5. The van der Waals surface area contributed by atoms with Gasteiger partial charge in [-0.2, -0.15) is 5.26 Å². The van der Waals surface area contributed by atoms with Gasteiger partial charge in [0.15, 0.2) is 0 Å². The summed E-state index contributed by atoms with van der Waals surface area (Å²) in [5, 5.41) is 12.2. The fourth-order valence-electron chi connectivity index (χ4n) is 3.58. The zero-order chi connectivity index (χ0) is 23.5. The van der Waals surface area contributed by atoms with Crippen LogP contribution in [0.25, 0.3) is 5.57 Å². The minimum Gasteiger partial charge on any atom is -0.497 e. The minimum atomic E-state index is -0.498. The van der Waals surface area contributed by atoms with Crippen LogP contribution in [0.15, 0.2) is 72.4 Å². The van der Waals surface area contributed by atoms with E-state index in [2.05, 4.69) is 5.32 Å². The van der Waals surface area contributed by atoms with Gasteiger partial charge >= 0.3 is 0 Å². The fourth-order valence-corrected chi connectivity index (χ4v) is 3.58. The van der Waals surface area contributed by atoms with Crippen molar-refractivity contribution in [1.29, 1.82) is 5.26 Å². The largest absolute Gasteiger partial charge is 0.497 e. The smallest absolute Gasteiger partial charge is 0.282 e. The molecule has 0 fully saturated rings. The number of aryl methyl sites for hydroxylation is 1. The molecule has 0 bridgehead atoms. The monoisotopic (exact) mass is 439 g/mol. The summed E-state index contributed by atoms with van der Waals surface area (Å²) in [7, 11) is 3.07. The van der Waals surface area contributed by atoms with Crippen molar-refractivity contribution in [3.8, 4) is 17.6 Å². The highest BCUT2D eigenvalue weighted by molar-refractivity contribution is 6.46. The molecule has 33 heavy (non-hydrogen) atoms. The molecule has 3 aromatic rings. The fraction of sp³-hybridized carbons (Fsp3) is 0.115. The van der Waals surface area contributed by atoms with Gasteiger partial charge in [-0.05, 0) is 36.8 Å². The second-order valence-corrected chi connectivity index (χ2v) is 7.45. The van der Waals surface area contributed by atoms with Crippen molar-refractivity contribution in [2.24, 2.45) is 0 Å². The van der Waals surface area contributed by atoms with E-state index in [1.54, 1.807) is 42.5 Å². The number of ether oxygens (including phenoxy) is 2. The molecule has 0 aliphatic carbocycles. The molecule has 7 nitrogen and oxygen atoms in total. The lowest BCUT2D eigenvalue weighted by atomic mass is 10.0. The summed E-state index contributed by atoms with van der Waals surface area (Å²) in [6.07, 6.45) is 0. The first kappa shape index (κ1) is 21.7. The highest BCUT2D eigenvalue weighted by atomic mass is 16.5. The van der Waals surface area contributed by atoms with Crippen molar-refractivity contribution in [3.05, 3.63) is 89.1 Å². The van der Waals surface area contributed by atoms with Crippen LogP contribution < -0.4 is 19.7 Å². The van der Waals surface area contributed by atoms with Crippen LogP contribution >= 0.6 is 0 Å². The predicted octanol–water partition coefficient (Wildman–Crippen LogP) is 4.28. The van der Waals surface area contributed by atoms with E-state index in [1.165, 1.54) is 14.2 Å². The third-order valence-corrected chi connectivity index (χ3v) is 5.30. The predicted molar refractivity (Wildman–Crippen MR) is 125 cm³/mol. The third kappa shape index (κ3) is 4.14. The van der Waals surface area contributed by atoms with E-state index < -0.39 is 11.8 Å². The summed E-state index contributed by atoms with van der Waals surface area (Å²) in [6, 6.07) is 20.9. The van der Waals surface area contributed by atoms with E-state index in [4.69, 9.17) is 14.7 Å². The number of hydrogen-bond acceptors (Lipinski definition) is 6. The summed E-state index contributed by atoms with van der Waals surface area (Å²) in [5.41, 5.74) is 3.41. The van der Waals surface area contributed by atoms with Crippen molar-refractivity contribution >= 4 is 28.8 Å². The molecular weight excluding hydrogens is 418 g/mol. The number of nitrogens with one attached hydrogen (secondary N) is 1. The van der Waals surface area contributed by atoms with Gasteiger partial charge in [0.2, 0.25) is 0 Å². The Hall–Kier alpha value is -4.57. The Morgan fingerprint density at radius 1 is 0.848 bits per heavy atom. The topological polar surface area (TPSA) is 91.7 Å². The van der Waals surface area contributed by atoms with Crippen molar-refractivity contribution in [2.75, 3.05) is 24.4 Å². The number of carbonyl (C=O) groups is 2. The summed E-state index contributed by atoms with van der Waals surface area (Å²) < 4.78 is 10.6. The van der Waals surface area contributed by atoms with Gasteiger partial charge in [-0.15, -0.1) is 0 Å². The van der Waals surface area contributed by atoms with Crippen LogP contribution in [-0.2, 0) is 9.59 Å². The van der Waals surface area contributed by atoms with Crippen LogP contribution in [0.5, 0.6) is 11.5 Å². The summed E-state index contributed by atoms with van der Waals surface area (Å²) in [6.45, 7) is 1.95. The quantitative estimate of drug-likeness (QED) is 0.577. The van der Waals surface area contributed by atoms with Crippen LogP contribution in [0.1, 0.15) is 16.7 Å². The average Bonchev–Trinajstić information content (AvgIpc) is 3.08. The van der Waals surface area contributed by atoms with E-state index in [0.29, 0.717) is 34.0 Å². The highest BCUT2D eigenvalue weighted by Gasteiger charge is 2.40. The number of carbonyl (C=O) groups excluding carboxylic acids is 2. The molecule has 0 saturated heterocycles. The number of nitrogens with zero attached hydrogens (tertiary/aromatic N) is 2. The molecule has 0 spiro atoms. The van der Waals surface area contributed by atoms with Crippen LogP contribution in [0, 0.1) is 18.3 Å². The van der Waals surface area contributed by atoms with E-state index in [9.17, 15) is 9.59 Å². The van der Waals surface area contributed by atoms with E-state index in [-0.39, 0.29) is 11.3 Å². The Bertz CT molecular complexity index is 1280. The zero-order valence-corrected chi connectivity index (χ0v) is 18.4. The SMILES string of the molecule is COc1cc(NC2=C(c3ccc(C)cc3)C(=O)N(c3ccc(C#N)cc3)C2=O)cc(OC)c1. The Morgan fingerprint density at radius 3 is 2.00 bits per heavy atom. The number of amides is 2. The van der Waals surface area contributed by atoms with E-state index in [0.717, 1.165) is 10.5 Å². The molecule has 1 N–H and O–H groups in total. The minimum absolute atomic E-state index is 0.142. The number of anilines is 2. The summed E-state index contributed by atoms with van der Waals surface area (Å²) >= 11 is 0. The normalized spacial score (nSPS) is 13.2. The molecule has 1 heterocycles. The Kier molecular flexibility index (Phi) is 5.83. The van der Waals surface area contributed by atoms with Crippen LogP contribution in [0.4, 0.5) is 11.4 Å². The molecular formula is C26H21N3O4. The molecule has 3 aromatic carbocycles. The number of imide groups is 1. The van der Waals surface area contributed by atoms with E-state index >= 15 is 0 Å². The first-order valence-corrected chi connectivity index (χ1v) is 10.2. The molecule has 164 valence electrons. The van der Waals surface area contributed by atoms with E-state index in [1.807, 2.05) is 37.3 Å². The Balaban J connectivity index is 1.82. The van der Waals surface area contributed by atoms with Gasteiger partial charge in [0.1, 0.15) is 17.2 Å². The lowest BCUT2D eigenvalue weighted by molar-refractivity contribution is -0.120. The highest BCUT2D eigenvalue weighted by Crippen LogP contribution is 2.35. The van der Waals surface area contributed by atoms with Gasteiger partial charge in [-0.1, -0.05) is 29.8 Å². The third-order valence-electron chi connectivity index (χ3n) is 5.30. The molecule has 1 aliphatic heterocycles. The second kappa shape index (κ2) is 8.89. The first-order chi connectivity index (χ1) is 15.9. The number of rotatable bonds is 6. The Labute approximate surface area is 191 Å². The molecule has 0 aromatic heterocycles. The maximum Gasteiger partial charge on any atom is 0.282 e. The second-order valence-electron chi connectivity index (χ2n) is 7.45. The van der Waals surface area contributed by atoms with Gasteiger partial charge in [-0.3, -0.25) is 9.59 Å². The lowest BCUT2D eigenvalue weighted by Crippen LogP contribution is -2.32.